The fourth-order valence-electron chi connectivity index (χ4n) is 3.12. The molecule has 2 heterocycles. The lowest BCUT2D eigenvalue weighted by Gasteiger charge is -2.16. The first-order valence-corrected chi connectivity index (χ1v) is 7.95. The molecule has 124 valence electrons. The molecular weight excluding hydrogens is 304 g/mol. The maximum absolute atomic E-state index is 12.1. The zero-order valence-corrected chi connectivity index (χ0v) is 13.7. The number of likely N-dealkylation sites (tertiary alicyclic amines) is 1. The van der Waals surface area contributed by atoms with E-state index in [4.69, 9.17) is 10.5 Å². The van der Waals surface area contributed by atoms with Gasteiger partial charge in [0.15, 0.2) is 5.69 Å². The van der Waals surface area contributed by atoms with Gasteiger partial charge in [-0.2, -0.15) is 5.26 Å². The number of methoxy groups -OCH3 is 1. The van der Waals surface area contributed by atoms with Crippen molar-refractivity contribution in [2.45, 2.75) is 19.4 Å². The molecule has 1 aliphatic heterocycles. The van der Waals surface area contributed by atoms with Crippen LogP contribution in [-0.2, 0) is 11.3 Å². The zero-order chi connectivity index (χ0) is 17.1. The Kier molecular flexibility index (Phi) is 4.54. The van der Waals surface area contributed by atoms with Gasteiger partial charge in [-0.05, 0) is 43.6 Å². The number of ether oxygens (including phenoxy) is 1. The number of hydrogen-bond donors (Lipinski definition) is 1. The summed E-state index contributed by atoms with van der Waals surface area (Å²) < 4.78 is 6.45. The van der Waals surface area contributed by atoms with Crippen molar-refractivity contribution < 1.29 is 9.53 Å². The smallest absolute Gasteiger partial charge is 0.357 e. The molecule has 2 aromatic rings. The number of rotatable bonds is 4. The van der Waals surface area contributed by atoms with E-state index in [0.29, 0.717) is 0 Å². The highest BCUT2D eigenvalue weighted by atomic mass is 16.5. The molecule has 0 unspecified atom stereocenters. The van der Waals surface area contributed by atoms with Crippen LogP contribution in [0.3, 0.4) is 0 Å². The molecule has 2 N–H and O–H groups in total. The van der Waals surface area contributed by atoms with E-state index >= 15 is 0 Å². The van der Waals surface area contributed by atoms with Crippen LogP contribution in [0.25, 0.3) is 5.69 Å². The SMILES string of the molecule is COC(=O)c1c(N)c(C#N)cn1-c1cccc(CN2CCCC2)c1. The van der Waals surface area contributed by atoms with Crippen molar-refractivity contribution in [3.63, 3.8) is 0 Å². The van der Waals surface area contributed by atoms with Gasteiger partial charge in [-0.3, -0.25) is 4.90 Å². The Labute approximate surface area is 141 Å². The Bertz CT molecular complexity index is 798. The van der Waals surface area contributed by atoms with E-state index < -0.39 is 5.97 Å². The Balaban J connectivity index is 1.99. The van der Waals surface area contributed by atoms with Gasteiger partial charge in [-0.25, -0.2) is 4.79 Å². The lowest BCUT2D eigenvalue weighted by atomic mass is 10.2. The minimum absolute atomic E-state index is 0.147. The lowest BCUT2D eigenvalue weighted by Crippen LogP contribution is -2.18. The number of nitrogens with zero attached hydrogens (tertiary/aromatic N) is 3. The van der Waals surface area contributed by atoms with Crippen molar-refractivity contribution >= 4 is 11.7 Å². The van der Waals surface area contributed by atoms with E-state index in [-0.39, 0.29) is 16.9 Å². The van der Waals surface area contributed by atoms with Crippen LogP contribution in [-0.4, -0.2) is 35.6 Å². The highest BCUT2D eigenvalue weighted by Gasteiger charge is 2.22. The minimum atomic E-state index is -0.557. The number of nitrogens with two attached hydrogens (primary N) is 1. The van der Waals surface area contributed by atoms with Crippen molar-refractivity contribution in [1.82, 2.24) is 9.47 Å². The van der Waals surface area contributed by atoms with Crippen molar-refractivity contribution in [2.24, 2.45) is 0 Å². The molecule has 1 fully saturated rings. The van der Waals surface area contributed by atoms with Crippen LogP contribution in [0, 0.1) is 11.3 Å². The van der Waals surface area contributed by atoms with Gasteiger partial charge in [0.1, 0.15) is 6.07 Å². The largest absolute Gasteiger partial charge is 0.464 e. The maximum atomic E-state index is 12.1. The Morgan fingerprint density at radius 3 is 2.79 bits per heavy atom. The predicted octanol–water partition coefficient (Wildman–Crippen LogP) is 2.31. The number of aromatic nitrogens is 1. The molecule has 0 spiro atoms. The summed E-state index contributed by atoms with van der Waals surface area (Å²) in [5.41, 5.74) is 8.50. The predicted molar refractivity (Wildman–Crippen MR) is 90.7 cm³/mol. The van der Waals surface area contributed by atoms with Crippen LogP contribution in [0.5, 0.6) is 0 Å². The molecule has 0 atom stereocenters. The zero-order valence-electron chi connectivity index (χ0n) is 13.7. The normalized spacial score (nSPS) is 14.5. The van der Waals surface area contributed by atoms with Crippen LogP contribution >= 0.6 is 0 Å². The van der Waals surface area contributed by atoms with Gasteiger partial charge in [0.2, 0.25) is 0 Å². The van der Waals surface area contributed by atoms with Crippen molar-refractivity contribution in [1.29, 1.82) is 5.26 Å². The Morgan fingerprint density at radius 1 is 1.38 bits per heavy atom. The first kappa shape index (κ1) is 16.1. The van der Waals surface area contributed by atoms with E-state index in [9.17, 15) is 10.1 Å². The molecule has 1 aliphatic rings. The molecular formula is C18H20N4O2. The lowest BCUT2D eigenvalue weighted by molar-refractivity contribution is 0.0593. The Morgan fingerprint density at radius 2 is 2.12 bits per heavy atom. The average molecular weight is 324 g/mol. The molecule has 6 heteroatoms. The molecule has 6 nitrogen and oxygen atoms in total. The van der Waals surface area contributed by atoms with Crippen LogP contribution in [0.2, 0.25) is 0 Å². The third-order valence-electron chi connectivity index (χ3n) is 4.34. The molecule has 24 heavy (non-hydrogen) atoms. The summed E-state index contributed by atoms with van der Waals surface area (Å²) in [6, 6.07) is 9.94. The van der Waals surface area contributed by atoms with Gasteiger partial charge >= 0.3 is 5.97 Å². The highest BCUT2D eigenvalue weighted by molar-refractivity contribution is 5.95. The van der Waals surface area contributed by atoms with E-state index in [2.05, 4.69) is 11.0 Å². The number of hydrogen-bond acceptors (Lipinski definition) is 5. The van der Waals surface area contributed by atoms with Crippen molar-refractivity contribution in [3.05, 3.63) is 47.3 Å². The van der Waals surface area contributed by atoms with Crippen molar-refractivity contribution in [3.8, 4) is 11.8 Å². The standard InChI is InChI=1S/C18H20N4O2/c1-24-18(23)17-16(20)14(10-19)12-22(17)15-6-4-5-13(9-15)11-21-7-2-3-8-21/h4-6,9,12H,2-3,7-8,11,20H2,1H3. The summed E-state index contributed by atoms with van der Waals surface area (Å²) in [6.07, 6.45) is 4.06. The van der Waals surface area contributed by atoms with Gasteiger partial charge < -0.3 is 15.0 Å². The quantitative estimate of drug-likeness (QED) is 0.873. The van der Waals surface area contributed by atoms with E-state index in [1.165, 1.54) is 20.0 Å². The summed E-state index contributed by atoms with van der Waals surface area (Å²) in [7, 11) is 1.30. The topological polar surface area (TPSA) is 84.3 Å². The van der Waals surface area contributed by atoms with Crippen LogP contribution in [0.15, 0.2) is 30.5 Å². The molecule has 3 rings (SSSR count). The molecule has 0 radical (unpaired) electrons. The van der Waals surface area contributed by atoms with Crippen LogP contribution in [0.1, 0.15) is 34.5 Å². The third kappa shape index (κ3) is 2.99. The van der Waals surface area contributed by atoms with Crippen LogP contribution < -0.4 is 5.73 Å². The fraction of sp³-hybridized carbons (Fsp3) is 0.333. The minimum Gasteiger partial charge on any atom is -0.464 e. The van der Waals surface area contributed by atoms with Gasteiger partial charge in [0.05, 0.1) is 18.4 Å². The van der Waals surface area contributed by atoms with Gasteiger partial charge in [0, 0.05) is 18.4 Å². The second-order valence-corrected chi connectivity index (χ2v) is 5.93. The molecule has 0 bridgehead atoms. The summed E-state index contributed by atoms with van der Waals surface area (Å²) in [6.45, 7) is 3.11. The van der Waals surface area contributed by atoms with E-state index in [0.717, 1.165) is 30.9 Å². The van der Waals surface area contributed by atoms with Gasteiger partial charge in [0.25, 0.3) is 0 Å². The Hall–Kier alpha value is -2.78. The first-order valence-electron chi connectivity index (χ1n) is 7.95. The number of esters is 1. The monoisotopic (exact) mass is 324 g/mol. The van der Waals surface area contributed by atoms with E-state index in [1.54, 1.807) is 10.8 Å². The number of nitrogen functional groups attached to an aromatic ring is 1. The van der Waals surface area contributed by atoms with Gasteiger partial charge in [-0.15, -0.1) is 0 Å². The van der Waals surface area contributed by atoms with E-state index in [1.807, 2.05) is 24.3 Å². The maximum Gasteiger partial charge on any atom is 0.357 e. The first-order chi connectivity index (χ1) is 11.6. The second kappa shape index (κ2) is 6.77. The number of anilines is 1. The third-order valence-corrected chi connectivity index (χ3v) is 4.34. The summed E-state index contributed by atoms with van der Waals surface area (Å²) >= 11 is 0. The molecule has 1 aromatic heterocycles. The van der Waals surface area contributed by atoms with Gasteiger partial charge in [-0.1, -0.05) is 12.1 Å². The van der Waals surface area contributed by atoms with Crippen LogP contribution in [0.4, 0.5) is 5.69 Å². The summed E-state index contributed by atoms with van der Waals surface area (Å²) in [5.74, 6) is -0.557. The fourth-order valence-corrected chi connectivity index (χ4v) is 3.12. The molecule has 0 aliphatic carbocycles. The number of carbonyl (C=O) groups excluding carboxylic acids is 1. The molecule has 0 amide bonds. The second-order valence-electron chi connectivity index (χ2n) is 5.93. The van der Waals surface area contributed by atoms with Crippen molar-refractivity contribution in [2.75, 3.05) is 25.9 Å². The summed E-state index contributed by atoms with van der Waals surface area (Å²) in [4.78, 5) is 14.5. The number of nitriles is 1. The summed E-state index contributed by atoms with van der Waals surface area (Å²) in [5, 5.41) is 9.20. The molecule has 1 saturated heterocycles. The highest BCUT2D eigenvalue weighted by Crippen LogP contribution is 2.25. The number of carbonyl (C=O) groups is 1. The molecule has 0 saturated carbocycles. The average Bonchev–Trinajstić information content (AvgIpc) is 3.22. The number of benzene rings is 1. The molecule has 1 aromatic carbocycles.